The van der Waals surface area contributed by atoms with Gasteiger partial charge in [0.1, 0.15) is 0 Å². The molecule has 1 aromatic rings. The van der Waals surface area contributed by atoms with Crippen molar-refractivity contribution in [3.05, 3.63) is 34.3 Å². The van der Waals surface area contributed by atoms with Gasteiger partial charge in [-0.15, -0.1) is 0 Å². The fraction of sp³-hybridized carbons (Fsp3) is 0.731. The zero-order valence-electron chi connectivity index (χ0n) is 18.7. The second-order valence-electron chi connectivity index (χ2n) is 11.2. The monoisotopic (exact) mass is 443 g/mol. The molecule has 0 radical (unpaired) electrons. The second kappa shape index (κ2) is 9.03. The molecule has 0 unspecified atom stereocenters. The fourth-order valence-corrected chi connectivity index (χ4v) is 7.79. The molecule has 1 amide bonds. The number of rotatable bonds is 7. The van der Waals surface area contributed by atoms with E-state index in [1.54, 1.807) is 0 Å². The maximum atomic E-state index is 13.1. The van der Waals surface area contributed by atoms with Crippen LogP contribution >= 0.6 is 11.6 Å². The van der Waals surface area contributed by atoms with Crippen LogP contribution in [0.25, 0.3) is 0 Å². The molecular weight excluding hydrogens is 406 g/mol. The van der Waals surface area contributed by atoms with Crippen molar-refractivity contribution < 1.29 is 4.79 Å². The third-order valence-electron chi connectivity index (χ3n) is 8.84. The highest BCUT2D eigenvalue weighted by molar-refractivity contribution is 6.33. The molecule has 0 saturated heterocycles. The molecule has 31 heavy (non-hydrogen) atoms. The Hall–Kier alpha value is -1.10. The molecule has 0 aliphatic heterocycles. The first kappa shape index (κ1) is 21.7. The van der Waals surface area contributed by atoms with Gasteiger partial charge in [-0.1, -0.05) is 17.7 Å². The number of benzene rings is 1. The summed E-state index contributed by atoms with van der Waals surface area (Å²) < 4.78 is 0. The quantitative estimate of drug-likeness (QED) is 0.561. The first-order valence-corrected chi connectivity index (χ1v) is 12.9. The summed E-state index contributed by atoms with van der Waals surface area (Å²) in [6.45, 7) is 2.41. The smallest absolute Gasteiger partial charge is 0.252 e. The molecule has 4 N–H and O–H groups in total. The maximum absolute atomic E-state index is 13.1. The molecule has 5 aliphatic rings. The summed E-state index contributed by atoms with van der Waals surface area (Å²) in [5.41, 5.74) is 7.91. The van der Waals surface area contributed by atoms with E-state index >= 15 is 0 Å². The van der Waals surface area contributed by atoms with Crippen LogP contribution < -0.4 is 16.4 Å². The van der Waals surface area contributed by atoms with Gasteiger partial charge in [-0.25, -0.2) is 0 Å². The summed E-state index contributed by atoms with van der Waals surface area (Å²) in [7, 11) is 0. The molecule has 5 heteroatoms. The summed E-state index contributed by atoms with van der Waals surface area (Å²) in [6.07, 6.45) is 13.0. The number of carbonyl (C=O) groups excluding carboxylic acids is 1. The standard InChI is InChI=1S/C26H38ClN3O/c27-24-6-3-18(15-29-22-4-1-17(14-28)2-5-22)10-23(24)25(31)30-16-26-11-19-7-20(12-26)9-21(8-19)13-26/h3,6,10,17,19-22,29H,1-2,4-5,7-9,11-16,28H2,(H,30,31). The van der Waals surface area contributed by atoms with Gasteiger partial charge in [0.25, 0.3) is 5.91 Å². The molecular formula is C26H38ClN3O. The van der Waals surface area contributed by atoms with Crippen molar-refractivity contribution in [3.8, 4) is 0 Å². The number of amides is 1. The number of nitrogens with two attached hydrogens (primary N) is 1. The molecule has 0 aromatic heterocycles. The third-order valence-corrected chi connectivity index (χ3v) is 9.17. The molecule has 0 heterocycles. The molecule has 0 atom stereocenters. The van der Waals surface area contributed by atoms with Crippen LogP contribution in [0, 0.1) is 29.1 Å². The Balaban J connectivity index is 1.17. The van der Waals surface area contributed by atoms with E-state index in [1.807, 2.05) is 18.2 Å². The Morgan fingerprint density at radius 3 is 2.29 bits per heavy atom. The number of nitrogens with one attached hydrogen (secondary N) is 2. The lowest BCUT2D eigenvalue weighted by molar-refractivity contribution is -0.0503. The van der Waals surface area contributed by atoms with Crippen molar-refractivity contribution in [1.82, 2.24) is 10.6 Å². The first-order chi connectivity index (χ1) is 15.0. The van der Waals surface area contributed by atoms with Gasteiger partial charge in [0, 0.05) is 19.1 Å². The summed E-state index contributed by atoms with van der Waals surface area (Å²) in [5, 5.41) is 7.51. The van der Waals surface area contributed by atoms with Crippen LogP contribution in [0.15, 0.2) is 18.2 Å². The minimum absolute atomic E-state index is 0.00829. The SMILES string of the molecule is NCC1CCC(NCc2ccc(Cl)c(C(=O)NCC34CC5CC(CC(C5)C3)C4)c2)CC1. The van der Waals surface area contributed by atoms with Gasteiger partial charge in [-0.05, 0) is 118 Å². The fourth-order valence-electron chi connectivity index (χ4n) is 7.59. The van der Waals surface area contributed by atoms with Crippen molar-refractivity contribution >= 4 is 17.5 Å². The highest BCUT2D eigenvalue weighted by Gasteiger charge is 2.50. The largest absolute Gasteiger partial charge is 0.351 e. The van der Waals surface area contributed by atoms with Crippen molar-refractivity contribution in [3.63, 3.8) is 0 Å². The minimum Gasteiger partial charge on any atom is -0.351 e. The average Bonchev–Trinajstić information content (AvgIpc) is 2.76. The molecule has 4 bridgehead atoms. The van der Waals surface area contributed by atoms with Crippen LogP contribution in [0.2, 0.25) is 5.02 Å². The number of halogens is 1. The van der Waals surface area contributed by atoms with Crippen LogP contribution in [0.1, 0.15) is 80.1 Å². The van der Waals surface area contributed by atoms with Gasteiger partial charge >= 0.3 is 0 Å². The molecule has 5 fully saturated rings. The highest BCUT2D eigenvalue weighted by atomic mass is 35.5. The van der Waals surface area contributed by atoms with Gasteiger partial charge in [-0.3, -0.25) is 4.79 Å². The summed E-state index contributed by atoms with van der Waals surface area (Å²) >= 11 is 6.43. The Morgan fingerprint density at radius 1 is 1.03 bits per heavy atom. The van der Waals surface area contributed by atoms with E-state index in [2.05, 4.69) is 10.6 Å². The summed E-state index contributed by atoms with van der Waals surface area (Å²) in [5.74, 6) is 3.40. The van der Waals surface area contributed by atoms with Crippen LogP contribution in [-0.2, 0) is 6.54 Å². The molecule has 0 spiro atoms. The van der Waals surface area contributed by atoms with Crippen LogP contribution in [0.5, 0.6) is 0 Å². The average molecular weight is 444 g/mol. The van der Waals surface area contributed by atoms with E-state index < -0.39 is 0 Å². The van der Waals surface area contributed by atoms with Crippen LogP contribution in [0.4, 0.5) is 0 Å². The van der Waals surface area contributed by atoms with Crippen LogP contribution in [-0.4, -0.2) is 25.0 Å². The van der Waals surface area contributed by atoms with E-state index in [-0.39, 0.29) is 5.91 Å². The molecule has 170 valence electrons. The highest BCUT2D eigenvalue weighted by Crippen LogP contribution is 2.59. The molecule has 4 nitrogen and oxygen atoms in total. The lowest BCUT2D eigenvalue weighted by Gasteiger charge is -2.56. The normalized spacial score (nSPS) is 36.5. The molecule has 1 aromatic carbocycles. The zero-order chi connectivity index (χ0) is 21.4. The molecule has 5 saturated carbocycles. The Morgan fingerprint density at radius 2 is 1.68 bits per heavy atom. The van der Waals surface area contributed by atoms with Gasteiger partial charge < -0.3 is 16.4 Å². The minimum atomic E-state index is -0.00829. The predicted octanol–water partition coefficient (Wildman–Crippen LogP) is 4.89. The van der Waals surface area contributed by atoms with E-state index in [9.17, 15) is 4.79 Å². The van der Waals surface area contributed by atoms with Crippen molar-refractivity contribution in [2.75, 3.05) is 13.1 Å². The lowest BCUT2D eigenvalue weighted by atomic mass is 9.49. The lowest BCUT2D eigenvalue weighted by Crippen LogP contribution is -2.51. The van der Waals surface area contributed by atoms with E-state index in [0.29, 0.717) is 28.0 Å². The Kier molecular flexibility index (Phi) is 6.33. The number of carbonyl (C=O) groups is 1. The third kappa shape index (κ3) is 4.82. The van der Waals surface area contributed by atoms with Gasteiger partial charge in [0.2, 0.25) is 0 Å². The van der Waals surface area contributed by atoms with Gasteiger partial charge in [0.15, 0.2) is 0 Å². The van der Waals surface area contributed by atoms with Crippen molar-refractivity contribution in [2.45, 2.75) is 76.8 Å². The predicted molar refractivity (Wildman–Crippen MR) is 126 cm³/mol. The number of hydrogen-bond acceptors (Lipinski definition) is 3. The van der Waals surface area contributed by atoms with E-state index in [4.69, 9.17) is 17.3 Å². The van der Waals surface area contributed by atoms with E-state index in [1.165, 1.54) is 64.2 Å². The zero-order valence-corrected chi connectivity index (χ0v) is 19.4. The summed E-state index contributed by atoms with van der Waals surface area (Å²) in [6, 6.07) is 6.45. The molecule has 5 aliphatic carbocycles. The Labute approximate surface area is 192 Å². The molecule has 6 rings (SSSR count). The topological polar surface area (TPSA) is 67.1 Å². The van der Waals surface area contributed by atoms with Gasteiger partial charge in [0.05, 0.1) is 10.6 Å². The Bertz CT molecular complexity index is 767. The second-order valence-corrected chi connectivity index (χ2v) is 11.7. The van der Waals surface area contributed by atoms with Crippen molar-refractivity contribution in [1.29, 1.82) is 0 Å². The van der Waals surface area contributed by atoms with E-state index in [0.717, 1.165) is 43.0 Å². The summed E-state index contributed by atoms with van der Waals surface area (Å²) in [4.78, 5) is 13.1. The maximum Gasteiger partial charge on any atom is 0.252 e. The van der Waals surface area contributed by atoms with Crippen molar-refractivity contribution in [2.24, 2.45) is 34.8 Å². The first-order valence-electron chi connectivity index (χ1n) is 12.5. The van der Waals surface area contributed by atoms with Crippen LogP contribution in [0.3, 0.4) is 0 Å². The number of hydrogen-bond donors (Lipinski definition) is 3. The van der Waals surface area contributed by atoms with Gasteiger partial charge in [-0.2, -0.15) is 0 Å².